The van der Waals surface area contributed by atoms with E-state index in [1.807, 2.05) is 20.8 Å². The fraction of sp³-hybridized carbons (Fsp3) is 0.533. The van der Waals surface area contributed by atoms with Gasteiger partial charge in [-0.05, 0) is 24.5 Å². The van der Waals surface area contributed by atoms with Gasteiger partial charge in [-0.3, -0.25) is 4.79 Å². The zero-order valence-electron chi connectivity index (χ0n) is 12.7. The summed E-state index contributed by atoms with van der Waals surface area (Å²) in [5.41, 5.74) is 7.88. The molecule has 0 heterocycles. The number of nitrogen functional groups attached to an aromatic ring is 1. The number of benzene rings is 1. The lowest BCUT2D eigenvalue weighted by Crippen LogP contribution is -2.25. The Morgan fingerprint density at radius 1 is 1.30 bits per heavy atom. The number of hydrogen-bond donors (Lipinski definition) is 3. The highest BCUT2D eigenvalue weighted by molar-refractivity contribution is 5.77. The number of carbonyl (C=O) groups is 1. The first-order valence-corrected chi connectivity index (χ1v) is 6.78. The number of nitrogens with one attached hydrogen (secondary N) is 1. The Labute approximate surface area is 120 Å². The van der Waals surface area contributed by atoms with Gasteiger partial charge in [0.2, 0.25) is 0 Å². The fourth-order valence-corrected chi connectivity index (χ4v) is 1.58. The molecule has 0 amide bonds. The second-order valence-electron chi connectivity index (χ2n) is 5.61. The van der Waals surface area contributed by atoms with Gasteiger partial charge in [0.1, 0.15) is 12.0 Å². The average molecular weight is 280 g/mol. The van der Waals surface area contributed by atoms with Crippen LogP contribution in [-0.4, -0.2) is 17.3 Å². The fourth-order valence-electron chi connectivity index (χ4n) is 1.58. The molecule has 1 aromatic rings. The molecular weight excluding hydrogens is 256 g/mol. The Hall–Kier alpha value is -1.75. The van der Waals surface area contributed by atoms with Crippen molar-refractivity contribution in [3.8, 4) is 5.75 Å². The monoisotopic (exact) mass is 280 g/mol. The quantitative estimate of drug-likeness (QED) is 0.334. The molecule has 1 unspecified atom stereocenters. The molecule has 4 N–H and O–H groups in total. The zero-order valence-corrected chi connectivity index (χ0v) is 12.7. The minimum absolute atomic E-state index is 0.0623. The lowest BCUT2D eigenvalue weighted by molar-refractivity contribution is -0.137. The van der Waals surface area contributed by atoms with Crippen LogP contribution < -0.4 is 15.8 Å². The Morgan fingerprint density at radius 2 is 1.90 bits per heavy atom. The summed E-state index contributed by atoms with van der Waals surface area (Å²) >= 11 is 0. The predicted octanol–water partition coefficient (Wildman–Crippen LogP) is 2.52. The molecule has 0 aliphatic carbocycles. The number of aryl methyl sites for hydroxylation is 1. The first-order valence-electron chi connectivity index (χ1n) is 6.78. The first-order chi connectivity index (χ1) is 9.22. The van der Waals surface area contributed by atoms with Gasteiger partial charge < -0.3 is 20.9 Å². The third-order valence-corrected chi connectivity index (χ3v) is 2.95. The number of carbonyl (C=O) groups excluding carboxylic acids is 1. The van der Waals surface area contributed by atoms with E-state index in [2.05, 4.69) is 5.32 Å². The van der Waals surface area contributed by atoms with Crippen LogP contribution in [0.2, 0.25) is 0 Å². The van der Waals surface area contributed by atoms with Crippen LogP contribution in [0.4, 0.5) is 11.4 Å². The number of aliphatic hydroxyl groups excluding tert-OH is 1. The van der Waals surface area contributed by atoms with Gasteiger partial charge in [0.15, 0.2) is 0 Å². The summed E-state index contributed by atoms with van der Waals surface area (Å²) in [5.74, 6) is -0.0145. The van der Waals surface area contributed by atoms with Crippen molar-refractivity contribution in [2.24, 2.45) is 11.8 Å². The van der Waals surface area contributed by atoms with Gasteiger partial charge in [-0.25, -0.2) is 0 Å². The molecule has 20 heavy (non-hydrogen) atoms. The van der Waals surface area contributed by atoms with Gasteiger partial charge >= 0.3 is 5.97 Å². The maximum atomic E-state index is 11.6. The number of nitrogens with two attached hydrogens (primary N) is 1. The molecule has 0 saturated heterocycles. The van der Waals surface area contributed by atoms with Crippen LogP contribution in [0, 0.1) is 18.8 Å². The van der Waals surface area contributed by atoms with Crippen LogP contribution in [0.5, 0.6) is 5.75 Å². The van der Waals surface area contributed by atoms with Crippen LogP contribution >= 0.6 is 0 Å². The summed E-state index contributed by atoms with van der Waals surface area (Å²) in [6.45, 7) is 9.20. The van der Waals surface area contributed by atoms with Crippen LogP contribution in [0.25, 0.3) is 0 Å². The molecule has 5 nitrogen and oxygen atoms in total. The van der Waals surface area contributed by atoms with Gasteiger partial charge in [-0.2, -0.15) is 0 Å². The lowest BCUT2D eigenvalue weighted by Gasteiger charge is -2.21. The summed E-state index contributed by atoms with van der Waals surface area (Å²) in [6, 6.07) is 3.31. The molecule has 0 saturated carbocycles. The number of rotatable bonds is 5. The second kappa shape index (κ2) is 6.61. The molecule has 0 aromatic heterocycles. The third-order valence-electron chi connectivity index (χ3n) is 2.95. The third kappa shape index (κ3) is 4.13. The van der Waals surface area contributed by atoms with Gasteiger partial charge in [0.25, 0.3) is 0 Å². The zero-order chi connectivity index (χ0) is 15.4. The van der Waals surface area contributed by atoms with E-state index in [1.54, 1.807) is 26.0 Å². The molecule has 5 heteroatoms. The summed E-state index contributed by atoms with van der Waals surface area (Å²) in [7, 11) is 0. The molecule has 1 rings (SSSR count). The van der Waals surface area contributed by atoms with Gasteiger partial charge in [0.05, 0.1) is 17.3 Å². The molecule has 1 atom stereocenters. The van der Waals surface area contributed by atoms with Gasteiger partial charge in [-0.15, -0.1) is 0 Å². The molecule has 0 radical (unpaired) electrons. The van der Waals surface area contributed by atoms with E-state index in [0.29, 0.717) is 17.1 Å². The Balaban J connectivity index is 2.94. The number of aliphatic hydroxyl groups is 1. The van der Waals surface area contributed by atoms with Crippen molar-refractivity contribution >= 4 is 17.3 Å². The highest BCUT2D eigenvalue weighted by atomic mass is 16.5. The van der Waals surface area contributed by atoms with E-state index in [-0.39, 0.29) is 17.8 Å². The molecule has 0 aliphatic rings. The van der Waals surface area contributed by atoms with Crippen molar-refractivity contribution in [2.75, 3.05) is 11.1 Å². The molecule has 0 aliphatic heterocycles. The minimum atomic E-state index is -0.680. The average Bonchev–Trinajstić information content (AvgIpc) is 2.33. The van der Waals surface area contributed by atoms with Crippen molar-refractivity contribution in [1.29, 1.82) is 0 Å². The Bertz CT molecular complexity index is 461. The first kappa shape index (κ1) is 16.3. The van der Waals surface area contributed by atoms with E-state index in [4.69, 9.17) is 10.5 Å². The molecular formula is C15H24N2O3. The minimum Gasteiger partial charge on any atom is -0.426 e. The lowest BCUT2D eigenvalue weighted by atomic mass is 10.1. The Kier molecular flexibility index (Phi) is 5.39. The van der Waals surface area contributed by atoms with Crippen molar-refractivity contribution in [2.45, 2.75) is 40.8 Å². The van der Waals surface area contributed by atoms with E-state index in [0.717, 1.165) is 5.56 Å². The van der Waals surface area contributed by atoms with Gasteiger partial charge in [0, 0.05) is 6.07 Å². The van der Waals surface area contributed by atoms with E-state index >= 15 is 0 Å². The van der Waals surface area contributed by atoms with E-state index < -0.39 is 6.23 Å². The Morgan fingerprint density at radius 3 is 2.35 bits per heavy atom. The predicted molar refractivity (Wildman–Crippen MR) is 80.5 cm³/mol. The summed E-state index contributed by atoms with van der Waals surface area (Å²) in [5, 5.41) is 12.8. The SMILES string of the molecule is Cc1cc(OC(=O)C(C)C)cc(N)c1NC(O)C(C)C. The van der Waals surface area contributed by atoms with Gasteiger partial charge in [-0.1, -0.05) is 27.7 Å². The van der Waals surface area contributed by atoms with E-state index in [9.17, 15) is 9.90 Å². The highest BCUT2D eigenvalue weighted by Crippen LogP contribution is 2.30. The number of anilines is 2. The molecule has 0 bridgehead atoms. The number of hydrogen-bond acceptors (Lipinski definition) is 5. The van der Waals surface area contributed by atoms with Crippen LogP contribution in [0.15, 0.2) is 12.1 Å². The summed E-state index contributed by atoms with van der Waals surface area (Å²) in [6.07, 6.45) is -0.680. The normalized spacial score (nSPS) is 12.6. The molecule has 0 spiro atoms. The largest absolute Gasteiger partial charge is 0.426 e. The number of ether oxygens (including phenoxy) is 1. The van der Waals surface area contributed by atoms with Crippen LogP contribution in [-0.2, 0) is 4.79 Å². The molecule has 112 valence electrons. The van der Waals surface area contributed by atoms with Crippen molar-refractivity contribution in [3.63, 3.8) is 0 Å². The van der Waals surface area contributed by atoms with E-state index in [1.165, 1.54) is 0 Å². The van der Waals surface area contributed by atoms with Crippen molar-refractivity contribution in [1.82, 2.24) is 0 Å². The van der Waals surface area contributed by atoms with Crippen molar-refractivity contribution < 1.29 is 14.6 Å². The van der Waals surface area contributed by atoms with Crippen molar-refractivity contribution in [3.05, 3.63) is 17.7 Å². The summed E-state index contributed by atoms with van der Waals surface area (Å²) in [4.78, 5) is 11.6. The number of esters is 1. The van der Waals surface area contributed by atoms with Crippen LogP contribution in [0.1, 0.15) is 33.3 Å². The standard InChI is InChI=1S/C15H24N2O3/c1-8(2)14(18)17-13-10(5)6-11(7-12(13)16)20-15(19)9(3)4/h6-9,14,17-18H,16H2,1-5H3. The second-order valence-corrected chi connectivity index (χ2v) is 5.61. The maximum Gasteiger partial charge on any atom is 0.313 e. The van der Waals surface area contributed by atoms with Crippen LogP contribution in [0.3, 0.4) is 0 Å². The topological polar surface area (TPSA) is 84.6 Å². The summed E-state index contributed by atoms with van der Waals surface area (Å²) < 4.78 is 5.24. The maximum absolute atomic E-state index is 11.6. The molecule has 0 fully saturated rings. The molecule has 1 aromatic carbocycles. The smallest absolute Gasteiger partial charge is 0.313 e. The highest BCUT2D eigenvalue weighted by Gasteiger charge is 2.15.